The topological polar surface area (TPSA) is 41.9 Å². The molecule has 122 valence electrons. The summed E-state index contributed by atoms with van der Waals surface area (Å²) in [5.74, 6) is 0.730. The van der Waals surface area contributed by atoms with E-state index in [4.69, 9.17) is 12.2 Å². The average Bonchev–Trinajstić information content (AvgIpc) is 2.99. The van der Waals surface area contributed by atoms with Gasteiger partial charge in [0.15, 0.2) is 10.9 Å². The Morgan fingerprint density at radius 3 is 2.50 bits per heavy atom. The molecule has 0 unspecified atom stereocenters. The predicted octanol–water partition coefficient (Wildman–Crippen LogP) is 4.36. The van der Waals surface area contributed by atoms with Crippen LogP contribution < -0.4 is 10.6 Å². The molecule has 2 aromatic carbocycles. The third-order valence-electron chi connectivity index (χ3n) is 3.79. The van der Waals surface area contributed by atoms with Gasteiger partial charge in [-0.25, -0.2) is 0 Å². The molecule has 0 aliphatic rings. The van der Waals surface area contributed by atoms with Crippen molar-refractivity contribution in [2.24, 2.45) is 0 Å². The van der Waals surface area contributed by atoms with Gasteiger partial charge in [-0.1, -0.05) is 42.0 Å². The van der Waals surface area contributed by atoms with Crippen molar-refractivity contribution in [2.75, 3.05) is 10.6 Å². The maximum absolute atomic E-state index is 5.34. The van der Waals surface area contributed by atoms with E-state index in [0.29, 0.717) is 5.11 Å². The Hall–Kier alpha value is -2.66. The van der Waals surface area contributed by atoms with E-state index in [2.05, 4.69) is 41.7 Å². The van der Waals surface area contributed by atoms with E-state index in [1.54, 1.807) is 0 Å². The number of rotatable bonds is 4. The van der Waals surface area contributed by atoms with E-state index in [-0.39, 0.29) is 0 Å². The van der Waals surface area contributed by atoms with E-state index in [1.165, 1.54) is 16.7 Å². The monoisotopic (exact) mass is 336 g/mol. The zero-order chi connectivity index (χ0) is 16.9. The first-order chi connectivity index (χ1) is 11.6. The standard InChI is InChI=1S/C19H20N4S/c1-14-7-9-17(10-8-14)20-19(24)21-18-11-12-23(22-18)13-16-6-4-3-5-15(16)2/h3-12H,13H2,1-2H3,(H2,20,21,22,24). The van der Waals surface area contributed by atoms with Crippen LogP contribution in [0, 0.1) is 13.8 Å². The summed E-state index contributed by atoms with van der Waals surface area (Å²) in [6, 6.07) is 18.3. The van der Waals surface area contributed by atoms with Crippen molar-refractivity contribution in [1.29, 1.82) is 0 Å². The molecule has 4 nitrogen and oxygen atoms in total. The lowest BCUT2D eigenvalue weighted by atomic mass is 10.1. The summed E-state index contributed by atoms with van der Waals surface area (Å²) in [6.07, 6.45) is 1.95. The fourth-order valence-electron chi connectivity index (χ4n) is 2.39. The first kappa shape index (κ1) is 16.2. The molecule has 0 radical (unpaired) electrons. The third kappa shape index (κ3) is 4.20. The molecule has 0 aliphatic heterocycles. The maximum Gasteiger partial charge on any atom is 0.176 e. The molecule has 0 saturated carbocycles. The molecule has 0 amide bonds. The van der Waals surface area contributed by atoms with Crippen LogP contribution in [0.4, 0.5) is 11.5 Å². The Morgan fingerprint density at radius 1 is 1.00 bits per heavy atom. The number of thiocarbonyl (C=S) groups is 1. The number of aromatic nitrogens is 2. The largest absolute Gasteiger partial charge is 0.332 e. The molecule has 3 aromatic rings. The fraction of sp³-hybridized carbons (Fsp3) is 0.158. The van der Waals surface area contributed by atoms with Crippen molar-refractivity contribution >= 4 is 28.8 Å². The number of nitrogens with one attached hydrogen (secondary N) is 2. The van der Waals surface area contributed by atoms with Crippen LogP contribution in [0.3, 0.4) is 0 Å². The lowest BCUT2D eigenvalue weighted by Gasteiger charge is -2.09. The molecule has 0 bridgehead atoms. The zero-order valence-corrected chi connectivity index (χ0v) is 14.6. The van der Waals surface area contributed by atoms with E-state index >= 15 is 0 Å². The maximum atomic E-state index is 5.34. The molecule has 2 N–H and O–H groups in total. The van der Waals surface area contributed by atoms with Gasteiger partial charge in [-0.15, -0.1) is 0 Å². The van der Waals surface area contributed by atoms with Crippen LogP contribution in [0.15, 0.2) is 60.8 Å². The van der Waals surface area contributed by atoms with Crippen LogP contribution >= 0.6 is 12.2 Å². The van der Waals surface area contributed by atoms with Crippen LogP contribution in [-0.2, 0) is 6.54 Å². The molecular formula is C19H20N4S. The van der Waals surface area contributed by atoms with Crippen molar-refractivity contribution in [3.8, 4) is 0 Å². The second-order valence-electron chi connectivity index (χ2n) is 5.77. The Morgan fingerprint density at radius 2 is 1.75 bits per heavy atom. The predicted molar refractivity (Wildman–Crippen MR) is 104 cm³/mol. The van der Waals surface area contributed by atoms with Gasteiger partial charge in [0.1, 0.15) is 0 Å². The summed E-state index contributed by atoms with van der Waals surface area (Å²) in [6.45, 7) is 4.91. The summed E-state index contributed by atoms with van der Waals surface area (Å²) < 4.78 is 1.90. The number of aryl methyl sites for hydroxylation is 2. The number of nitrogens with zero attached hydrogens (tertiary/aromatic N) is 2. The minimum absolute atomic E-state index is 0.528. The van der Waals surface area contributed by atoms with Gasteiger partial charge in [-0.3, -0.25) is 4.68 Å². The van der Waals surface area contributed by atoms with Gasteiger partial charge < -0.3 is 10.6 Å². The minimum Gasteiger partial charge on any atom is -0.332 e. The molecule has 0 saturated heterocycles. The highest BCUT2D eigenvalue weighted by molar-refractivity contribution is 7.80. The summed E-state index contributed by atoms with van der Waals surface area (Å²) in [7, 11) is 0. The highest BCUT2D eigenvalue weighted by Gasteiger charge is 2.04. The normalized spacial score (nSPS) is 10.4. The summed E-state index contributed by atoms with van der Waals surface area (Å²) >= 11 is 5.34. The zero-order valence-electron chi connectivity index (χ0n) is 13.8. The molecule has 1 heterocycles. The Balaban J connectivity index is 1.60. The van der Waals surface area contributed by atoms with Crippen molar-refractivity contribution in [3.63, 3.8) is 0 Å². The van der Waals surface area contributed by atoms with Gasteiger partial charge in [-0.05, 0) is 49.3 Å². The van der Waals surface area contributed by atoms with Gasteiger partial charge in [0.25, 0.3) is 0 Å². The van der Waals surface area contributed by atoms with Gasteiger partial charge in [-0.2, -0.15) is 5.10 Å². The molecule has 0 atom stereocenters. The smallest absolute Gasteiger partial charge is 0.176 e. The number of hydrogen-bond acceptors (Lipinski definition) is 2. The summed E-state index contributed by atoms with van der Waals surface area (Å²) in [5.41, 5.74) is 4.69. The van der Waals surface area contributed by atoms with Gasteiger partial charge in [0.05, 0.1) is 6.54 Å². The second-order valence-corrected chi connectivity index (χ2v) is 6.18. The average molecular weight is 336 g/mol. The lowest BCUT2D eigenvalue weighted by molar-refractivity contribution is 0.687. The first-order valence-electron chi connectivity index (χ1n) is 7.83. The number of hydrogen-bond donors (Lipinski definition) is 2. The second kappa shape index (κ2) is 7.27. The van der Waals surface area contributed by atoms with Crippen molar-refractivity contribution in [2.45, 2.75) is 20.4 Å². The van der Waals surface area contributed by atoms with Crippen molar-refractivity contribution in [1.82, 2.24) is 9.78 Å². The molecule has 3 rings (SSSR count). The van der Waals surface area contributed by atoms with Crippen LogP contribution in [0.1, 0.15) is 16.7 Å². The molecule has 0 spiro atoms. The summed E-state index contributed by atoms with van der Waals surface area (Å²) in [5, 5.41) is 11.3. The SMILES string of the molecule is Cc1ccc(NC(=S)Nc2ccn(Cc3ccccc3C)n2)cc1. The van der Waals surface area contributed by atoms with E-state index < -0.39 is 0 Å². The lowest BCUT2D eigenvalue weighted by Crippen LogP contribution is -2.19. The van der Waals surface area contributed by atoms with Gasteiger partial charge in [0, 0.05) is 18.0 Å². The van der Waals surface area contributed by atoms with Crippen LogP contribution in [0.25, 0.3) is 0 Å². The molecule has 1 aromatic heterocycles. The van der Waals surface area contributed by atoms with E-state index in [9.17, 15) is 0 Å². The summed E-state index contributed by atoms with van der Waals surface area (Å²) in [4.78, 5) is 0. The quantitative estimate of drug-likeness (QED) is 0.695. The minimum atomic E-state index is 0.528. The number of anilines is 2. The highest BCUT2D eigenvalue weighted by Crippen LogP contribution is 2.12. The molecule has 24 heavy (non-hydrogen) atoms. The van der Waals surface area contributed by atoms with Crippen LogP contribution in [0.2, 0.25) is 0 Å². The first-order valence-corrected chi connectivity index (χ1v) is 8.23. The fourth-order valence-corrected chi connectivity index (χ4v) is 2.62. The van der Waals surface area contributed by atoms with Crippen molar-refractivity contribution < 1.29 is 0 Å². The third-order valence-corrected chi connectivity index (χ3v) is 3.99. The molecular weight excluding hydrogens is 316 g/mol. The highest BCUT2D eigenvalue weighted by atomic mass is 32.1. The molecule has 0 aliphatic carbocycles. The number of benzene rings is 2. The van der Waals surface area contributed by atoms with E-state index in [0.717, 1.165) is 18.1 Å². The molecule has 5 heteroatoms. The van der Waals surface area contributed by atoms with Gasteiger partial charge in [0.2, 0.25) is 0 Å². The van der Waals surface area contributed by atoms with Crippen LogP contribution in [-0.4, -0.2) is 14.9 Å². The van der Waals surface area contributed by atoms with Crippen molar-refractivity contribution in [3.05, 3.63) is 77.5 Å². The Bertz CT molecular complexity index is 837. The van der Waals surface area contributed by atoms with Crippen LogP contribution in [0.5, 0.6) is 0 Å². The Kier molecular flexibility index (Phi) is 4.91. The van der Waals surface area contributed by atoms with E-state index in [1.807, 2.05) is 53.3 Å². The Labute approximate surface area is 147 Å². The van der Waals surface area contributed by atoms with Gasteiger partial charge >= 0.3 is 0 Å². The molecule has 0 fully saturated rings.